The third kappa shape index (κ3) is 4.76. The number of hydrogen-bond donors (Lipinski definition) is 2. The molecule has 1 saturated heterocycles. The SMILES string of the molecule is Cn1nnc2cccc(C(C(=O)O)N3CC[C@@H](OCCCCc4ccc5c(n4)NCCC5)C3)c21. The van der Waals surface area contributed by atoms with Crippen LogP contribution in [0.15, 0.2) is 30.3 Å². The topological polar surface area (TPSA) is 105 Å². The lowest BCUT2D eigenvalue weighted by Crippen LogP contribution is -2.33. The van der Waals surface area contributed by atoms with Crippen molar-refractivity contribution in [2.75, 3.05) is 31.6 Å². The van der Waals surface area contributed by atoms with Gasteiger partial charge in [0.2, 0.25) is 0 Å². The highest BCUT2D eigenvalue weighted by molar-refractivity contribution is 5.86. The molecule has 0 aliphatic carbocycles. The van der Waals surface area contributed by atoms with Gasteiger partial charge in [0.1, 0.15) is 17.4 Å². The summed E-state index contributed by atoms with van der Waals surface area (Å²) < 4.78 is 7.78. The molecule has 4 heterocycles. The van der Waals surface area contributed by atoms with Gasteiger partial charge in [0.05, 0.1) is 11.6 Å². The number of carboxylic acids is 1. The molecule has 2 N–H and O–H groups in total. The third-order valence-electron chi connectivity index (χ3n) is 6.86. The second-order valence-electron chi connectivity index (χ2n) is 9.24. The van der Waals surface area contributed by atoms with Crippen LogP contribution in [0.3, 0.4) is 0 Å². The largest absolute Gasteiger partial charge is 0.480 e. The summed E-state index contributed by atoms with van der Waals surface area (Å²) in [7, 11) is 1.80. The Hall–Kier alpha value is -3.04. The number of carboxylic acid groups (broad SMARTS) is 1. The van der Waals surface area contributed by atoms with Gasteiger partial charge in [-0.1, -0.05) is 23.4 Å². The molecule has 3 aromatic rings. The molecule has 2 aliphatic rings. The number of aliphatic carboxylic acids is 1. The van der Waals surface area contributed by atoms with Crippen molar-refractivity contribution in [1.29, 1.82) is 0 Å². The summed E-state index contributed by atoms with van der Waals surface area (Å²) in [4.78, 5) is 19.0. The predicted molar refractivity (Wildman–Crippen MR) is 129 cm³/mol. The van der Waals surface area contributed by atoms with Crippen LogP contribution in [0, 0.1) is 0 Å². The maximum absolute atomic E-state index is 12.3. The zero-order valence-electron chi connectivity index (χ0n) is 19.6. The number of para-hydroxylation sites is 1. The van der Waals surface area contributed by atoms with Gasteiger partial charge in [-0.15, -0.1) is 5.10 Å². The molecule has 34 heavy (non-hydrogen) atoms. The van der Waals surface area contributed by atoms with Crippen molar-refractivity contribution in [2.45, 2.75) is 50.7 Å². The number of nitrogens with one attached hydrogen (secondary N) is 1. The fraction of sp³-hybridized carbons (Fsp3) is 0.520. The van der Waals surface area contributed by atoms with Crippen LogP contribution in [0.1, 0.15) is 48.5 Å². The number of carbonyl (C=O) groups is 1. The van der Waals surface area contributed by atoms with E-state index in [0.717, 1.165) is 61.2 Å². The zero-order chi connectivity index (χ0) is 23.5. The summed E-state index contributed by atoms with van der Waals surface area (Å²) in [5.41, 5.74) is 4.65. The van der Waals surface area contributed by atoms with Crippen LogP contribution < -0.4 is 5.32 Å². The van der Waals surface area contributed by atoms with E-state index in [1.54, 1.807) is 11.7 Å². The normalized spacial score (nSPS) is 19.1. The van der Waals surface area contributed by atoms with Crippen LogP contribution in [-0.4, -0.2) is 68.3 Å². The van der Waals surface area contributed by atoms with E-state index in [2.05, 4.69) is 27.8 Å². The fourth-order valence-corrected chi connectivity index (χ4v) is 5.14. The first-order valence-corrected chi connectivity index (χ1v) is 12.2. The lowest BCUT2D eigenvalue weighted by molar-refractivity contribution is -0.143. The Bertz CT molecular complexity index is 1160. The quantitative estimate of drug-likeness (QED) is 0.466. The molecule has 0 radical (unpaired) electrons. The molecule has 0 saturated carbocycles. The van der Waals surface area contributed by atoms with Crippen molar-refractivity contribution in [2.24, 2.45) is 7.05 Å². The molecular weight excluding hydrogens is 432 g/mol. The Morgan fingerprint density at radius 1 is 1.29 bits per heavy atom. The second kappa shape index (κ2) is 10.1. The number of ether oxygens (including phenoxy) is 1. The maximum atomic E-state index is 12.3. The highest BCUT2D eigenvalue weighted by atomic mass is 16.5. The molecule has 2 aromatic heterocycles. The average molecular weight is 465 g/mol. The Labute approximate surface area is 199 Å². The summed E-state index contributed by atoms with van der Waals surface area (Å²) >= 11 is 0. The molecule has 1 unspecified atom stereocenters. The van der Waals surface area contributed by atoms with Crippen molar-refractivity contribution in [3.05, 3.63) is 47.2 Å². The van der Waals surface area contributed by atoms with Gasteiger partial charge in [-0.3, -0.25) is 9.69 Å². The average Bonchev–Trinajstić information content (AvgIpc) is 3.46. The van der Waals surface area contributed by atoms with Gasteiger partial charge >= 0.3 is 5.97 Å². The predicted octanol–water partition coefficient (Wildman–Crippen LogP) is 2.96. The molecule has 0 spiro atoms. The standard InChI is InChI=1S/C25H32N6O3/c1-30-22-20(8-4-9-21(22)28-29-30)23(25(32)33)31-14-12-19(16-31)34-15-3-2-7-18-11-10-17-6-5-13-26-24(17)27-18/h4,8-11,19,23H,2-3,5-7,12-16H2,1H3,(H,26,27)(H,32,33)/t19-,23?/m1/s1. The van der Waals surface area contributed by atoms with E-state index in [9.17, 15) is 9.90 Å². The van der Waals surface area contributed by atoms with Crippen molar-refractivity contribution in [3.8, 4) is 0 Å². The minimum absolute atomic E-state index is 0.0526. The second-order valence-corrected chi connectivity index (χ2v) is 9.24. The van der Waals surface area contributed by atoms with Gasteiger partial charge in [-0.2, -0.15) is 0 Å². The van der Waals surface area contributed by atoms with Crippen LogP contribution >= 0.6 is 0 Å². The van der Waals surface area contributed by atoms with Gasteiger partial charge in [0, 0.05) is 44.5 Å². The van der Waals surface area contributed by atoms with Crippen molar-refractivity contribution >= 4 is 22.8 Å². The van der Waals surface area contributed by atoms with E-state index >= 15 is 0 Å². The van der Waals surface area contributed by atoms with Crippen LogP contribution in [0.5, 0.6) is 0 Å². The van der Waals surface area contributed by atoms with Gasteiger partial charge in [0.25, 0.3) is 0 Å². The lowest BCUT2D eigenvalue weighted by Gasteiger charge is -2.25. The Balaban J connectivity index is 1.12. The lowest BCUT2D eigenvalue weighted by atomic mass is 10.0. The molecule has 9 nitrogen and oxygen atoms in total. The van der Waals surface area contributed by atoms with Crippen LogP contribution in [0.25, 0.3) is 11.0 Å². The Kier molecular flexibility index (Phi) is 6.73. The van der Waals surface area contributed by atoms with Gasteiger partial charge in [0.15, 0.2) is 0 Å². The van der Waals surface area contributed by atoms with Gasteiger partial charge in [-0.05, 0) is 56.2 Å². The molecule has 0 amide bonds. The number of anilines is 1. The Morgan fingerprint density at radius 3 is 3.09 bits per heavy atom. The molecular formula is C25H32N6O3. The number of unbranched alkanes of at least 4 members (excludes halogenated alkanes) is 1. The highest BCUT2D eigenvalue weighted by Gasteiger charge is 2.35. The van der Waals surface area contributed by atoms with Gasteiger partial charge < -0.3 is 15.2 Å². The minimum Gasteiger partial charge on any atom is -0.480 e. The number of aromatic nitrogens is 4. The molecule has 2 atom stereocenters. The first-order valence-electron chi connectivity index (χ1n) is 12.2. The number of fused-ring (bicyclic) bond motifs is 2. The number of hydrogen-bond acceptors (Lipinski definition) is 7. The smallest absolute Gasteiger partial charge is 0.325 e. The molecule has 0 bridgehead atoms. The van der Waals surface area contributed by atoms with Crippen molar-refractivity contribution in [3.63, 3.8) is 0 Å². The number of benzene rings is 1. The fourth-order valence-electron chi connectivity index (χ4n) is 5.14. The van der Waals surface area contributed by atoms with Crippen molar-refractivity contribution < 1.29 is 14.6 Å². The Morgan fingerprint density at radius 2 is 2.21 bits per heavy atom. The number of likely N-dealkylation sites (tertiary alicyclic amines) is 1. The molecule has 1 fully saturated rings. The van der Waals surface area contributed by atoms with E-state index in [-0.39, 0.29) is 6.10 Å². The van der Waals surface area contributed by atoms with Gasteiger partial charge in [-0.25, -0.2) is 9.67 Å². The summed E-state index contributed by atoms with van der Waals surface area (Å²) in [5.74, 6) is 0.193. The number of aryl methyl sites for hydroxylation is 3. The van der Waals surface area contributed by atoms with E-state index in [1.807, 2.05) is 23.1 Å². The minimum atomic E-state index is -0.860. The van der Waals surface area contributed by atoms with E-state index in [0.29, 0.717) is 25.2 Å². The highest BCUT2D eigenvalue weighted by Crippen LogP contribution is 2.31. The summed E-state index contributed by atoms with van der Waals surface area (Å²) in [6, 6.07) is 9.18. The number of rotatable bonds is 9. The third-order valence-corrected chi connectivity index (χ3v) is 6.86. The first-order chi connectivity index (χ1) is 16.6. The first kappa shape index (κ1) is 22.7. The number of pyridine rings is 1. The maximum Gasteiger partial charge on any atom is 0.325 e. The van der Waals surface area contributed by atoms with Crippen LogP contribution in [-0.2, 0) is 29.4 Å². The summed E-state index contributed by atoms with van der Waals surface area (Å²) in [5, 5.41) is 21.6. The van der Waals surface area contributed by atoms with Crippen LogP contribution in [0.4, 0.5) is 5.82 Å². The molecule has 5 rings (SSSR count). The molecule has 2 aliphatic heterocycles. The van der Waals surface area contributed by atoms with E-state index < -0.39 is 12.0 Å². The van der Waals surface area contributed by atoms with E-state index in [1.165, 1.54) is 12.0 Å². The van der Waals surface area contributed by atoms with Crippen molar-refractivity contribution in [1.82, 2.24) is 24.9 Å². The molecule has 1 aromatic carbocycles. The molecule has 9 heteroatoms. The van der Waals surface area contributed by atoms with Crippen LogP contribution in [0.2, 0.25) is 0 Å². The molecule has 180 valence electrons. The monoisotopic (exact) mass is 464 g/mol. The number of nitrogens with zero attached hydrogens (tertiary/aromatic N) is 5. The summed E-state index contributed by atoms with van der Waals surface area (Å²) in [6.45, 7) is 2.99. The summed E-state index contributed by atoms with van der Waals surface area (Å²) in [6.07, 6.45) is 6.10. The van der Waals surface area contributed by atoms with E-state index in [4.69, 9.17) is 9.72 Å². The zero-order valence-corrected chi connectivity index (χ0v) is 19.6.